The molecular weight excluding hydrogens is 373 g/mol. The van der Waals surface area contributed by atoms with E-state index in [0.29, 0.717) is 18.4 Å². The first-order valence-corrected chi connectivity index (χ1v) is 9.02. The molecule has 4 nitrogen and oxygen atoms in total. The first kappa shape index (κ1) is 15.7. The lowest BCUT2D eigenvalue weighted by atomic mass is 10.2. The zero-order valence-corrected chi connectivity index (χ0v) is 13.6. The Labute approximate surface area is 129 Å². The molecular formula is C12H12BrClFNO3S. The van der Waals surface area contributed by atoms with Crippen molar-refractivity contribution in [3.05, 3.63) is 28.0 Å². The van der Waals surface area contributed by atoms with Crippen LogP contribution in [0.4, 0.5) is 4.39 Å². The molecule has 0 radical (unpaired) electrons. The molecule has 0 aliphatic heterocycles. The molecule has 8 heteroatoms. The Morgan fingerprint density at radius 1 is 1.55 bits per heavy atom. The minimum Gasteiger partial charge on any atom is -0.352 e. The highest BCUT2D eigenvalue weighted by atomic mass is 79.9. The second-order valence-corrected chi connectivity index (χ2v) is 8.27. The number of amides is 1. The van der Waals surface area contributed by atoms with Crippen molar-refractivity contribution < 1.29 is 17.6 Å². The molecule has 0 aromatic heterocycles. The van der Waals surface area contributed by atoms with E-state index in [9.17, 15) is 17.6 Å². The third kappa shape index (κ3) is 3.51. The maximum atomic E-state index is 13.5. The number of carbonyl (C=O) groups excluding carboxylic acids is 1. The average molecular weight is 385 g/mol. The zero-order valence-electron chi connectivity index (χ0n) is 10.5. The largest absolute Gasteiger partial charge is 0.352 e. The summed E-state index contributed by atoms with van der Waals surface area (Å²) in [6.45, 7) is 2.61. The maximum Gasteiger partial charge on any atom is 0.264 e. The first-order valence-electron chi connectivity index (χ1n) is 5.92. The highest BCUT2D eigenvalue weighted by Gasteiger charge is 2.32. The number of carbonyl (C=O) groups is 1. The fraction of sp³-hybridized carbons (Fsp3) is 0.417. The van der Waals surface area contributed by atoms with Gasteiger partial charge < -0.3 is 5.32 Å². The van der Waals surface area contributed by atoms with E-state index >= 15 is 0 Å². The van der Waals surface area contributed by atoms with Gasteiger partial charge in [0.25, 0.3) is 15.0 Å². The third-order valence-corrected chi connectivity index (χ3v) is 5.32. The molecule has 1 saturated carbocycles. The predicted octanol–water partition coefficient (Wildman–Crippen LogP) is 2.90. The van der Waals surface area contributed by atoms with E-state index in [4.69, 9.17) is 10.7 Å². The number of benzene rings is 1. The van der Waals surface area contributed by atoms with Gasteiger partial charge in [-0.15, -0.1) is 0 Å². The Balaban J connectivity index is 2.24. The Kier molecular flexibility index (Phi) is 4.41. The monoisotopic (exact) mass is 383 g/mol. The van der Waals surface area contributed by atoms with Gasteiger partial charge in [0.15, 0.2) is 0 Å². The molecule has 1 aromatic rings. The highest BCUT2D eigenvalue weighted by Crippen LogP contribution is 2.37. The van der Waals surface area contributed by atoms with Crippen LogP contribution in [0.2, 0.25) is 0 Å². The van der Waals surface area contributed by atoms with E-state index in [2.05, 4.69) is 28.2 Å². The molecule has 1 amide bonds. The Bertz CT molecular complexity index is 665. The standard InChI is InChI=1S/C12H12BrClFNO3S/c1-6-2-7(6)5-16-12(17)8-3-11(20(14,18)19)10(15)4-9(8)13/h3-4,6-7H,2,5H2,1H3,(H,16,17). The Morgan fingerprint density at radius 3 is 2.65 bits per heavy atom. The number of halogens is 3. The fourth-order valence-corrected chi connectivity index (χ4v) is 3.29. The highest BCUT2D eigenvalue weighted by molar-refractivity contribution is 9.10. The van der Waals surface area contributed by atoms with Crippen LogP contribution in [0.5, 0.6) is 0 Å². The molecule has 0 heterocycles. The molecule has 0 saturated heterocycles. The summed E-state index contributed by atoms with van der Waals surface area (Å²) in [5.41, 5.74) is 0.0407. The normalized spacial score (nSPS) is 21.6. The summed E-state index contributed by atoms with van der Waals surface area (Å²) in [6, 6.07) is 1.86. The average Bonchev–Trinajstić information content (AvgIpc) is 3.00. The molecule has 20 heavy (non-hydrogen) atoms. The summed E-state index contributed by atoms with van der Waals surface area (Å²) >= 11 is 3.04. The Hall–Kier alpha value is -0.660. The smallest absolute Gasteiger partial charge is 0.264 e. The molecule has 0 spiro atoms. The van der Waals surface area contributed by atoms with Crippen LogP contribution in [0.3, 0.4) is 0 Å². The van der Waals surface area contributed by atoms with Gasteiger partial charge in [-0.25, -0.2) is 12.8 Å². The second-order valence-electron chi connectivity index (χ2n) is 4.88. The SMILES string of the molecule is CC1CC1CNC(=O)c1cc(S(=O)(=O)Cl)c(F)cc1Br. The van der Waals surface area contributed by atoms with Crippen molar-refractivity contribution in [3.8, 4) is 0 Å². The molecule has 1 aromatic carbocycles. The van der Waals surface area contributed by atoms with Gasteiger partial charge >= 0.3 is 0 Å². The molecule has 110 valence electrons. The molecule has 2 unspecified atom stereocenters. The van der Waals surface area contributed by atoms with Crippen LogP contribution in [0, 0.1) is 17.7 Å². The summed E-state index contributed by atoms with van der Waals surface area (Å²) in [5.74, 6) is -0.420. The van der Waals surface area contributed by atoms with Gasteiger partial charge in [-0.05, 0) is 46.3 Å². The van der Waals surface area contributed by atoms with Crippen molar-refractivity contribution in [3.63, 3.8) is 0 Å². The van der Waals surface area contributed by atoms with Gasteiger partial charge in [0.2, 0.25) is 0 Å². The van der Waals surface area contributed by atoms with Crippen molar-refractivity contribution in [2.75, 3.05) is 6.54 Å². The summed E-state index contributed by atoms with van der Waals surface area (Å²) in [4.78, 5) is 11.3. The van der Waals surface area contributed by atoms with Gasteiger partial charge in [0.1, 0.15) is 10.7 Å². The lowest BCUT2D eigenvalue weighted by Gasteiger charge is -2.08. The van der Waals surface area contributed by atoms with Crippen LogP contribution in [-0.4, -0.2) is 20.9 Å². The molecule has 1 fully saturated rings. The van der Waals surface area contributed by atoms with Gasteiger partial charge in [-0.2, -0.15) is 0 Å². The molecule has 2 atom stereocenters. The van der Waals surface area contributed by atoms with E-state index in [-0.39, 0.29) is 10.0 Å². The lowest BCUT2D eigenvalue weighted by molar-refractivity contribution is 0.0950. The second kappa shape index (κ2) is 5.61. The fourth-order valence-electron chi connectivity index (χ4n) is 1.89. The van der Waals surface area contributed by atoms with Crippen LogP contribution in [0.15, 0.2) is 21.5 Å². The summed E-state index contributed by atoms with van der Waals surface area (Å²) in [5, 5.41) is 2.70. The minimum absolute atomic E-state index is 0.0407. The number of hydrogen-bond donors (Lipinski definition) is 1. The van der Waals surface area contributed by atoms with Crippen LogP contribution in [0.25, 0.3) is 0 Å². The van der Waals surface area contributed by atoms with Gasteiger partial charge in [0.05, 0.1) is 5.56 Å². The van der Waals surface area contributed by atoms with Crippen molar-refractivity contribution in [1.82, 2.24) is 5.32 Å². The number of nitrogens with one attached hydrogen (secondary N) is 1. The molecule has 1 N–H and O–H groups in total. The van der Waals surface area contributed by atoms with E-state index < -0.39 is 25.7 Å². The Morgan fingerprint density at radius 2 is 2.15 bits per heavy atom. The topological polar surface area (TPSA) is 63.2 Å². The van der Waals surface area contributed by atoms with Gasteiger partial charge in [-0.1, -0.05) is 6.92 Å². The molecule has 1 aliphatic carbocycles. The molecule has 0 bridgehead atoms. The predicted molar refractivity (Wildman–Crippen MR) is 76.7 cm³/mol. The lowest BCUT2D eigenvalue weighted by Crippen LogP contribution is -2.26. The van der Waals surface area contributed by atoms with E-state index in [1.165, 1.54) is 0 Å². The van der Waals surface area contributed by atoms with E-state index in [1.807, 2.05) is 0 Å². The van der Waals surface area contributed by atoms with Gasteiger partial charge in [0, 0.05) is 21.7 Å². The van der Waals surface area contributed by atoms with E-state index in [0.717, 1.165) is 18.6 Å². The van der Waals surface area contributed by atoms with Crippen molar-refractivity contribution in [2.24, 2.45) is 11.8 Å². The summed E-state index contributed by atoms with van der Waals surface area (Å²) < 4.78 is 36.2. The minimum atomic E-state index is -4.24. The van der Waals surface area contributed by atoms with Gasteiger partial charge in [-0.3, -0.25) is 4.79 Å². The summed E-state index contributed by atoms with van der Waals surface area (Å²) in [7, 11) is 0.897. The zero-order chi connectivity index (χ0) is 15.1. The van der Waals surface area contributed by atoms with Crippen molar-refractivity contribution in [2.45, 2.75) is 18.2 Å². The molecule has 2 rings (SSSR count). The van der Waals surface area contributed by atoms with Crippen LogP contribution in [0.1, 0.15) is 23.7 Å². The van der Waals surface area contributed by atoms with E-state index in [1.54, 1.807) is 0 Å². The number of rotatable bonds is 4. The van der Waals surface area contributed by atoms with Crippen molar-refractivity contribution in [1.29, 1.82) is 0 Å². The first-order chi connectivity index (χ1) is 9.20. The van der Waals surface area contributed by atoms with Crippen LogP contribution >= 0.6 is 26.6 Å². The van der Waals surface area contributed by atoms with Crippen molar-refractivity contribution >= 4 is 41.6 Å². The maximum absolute atomic E-state index is 13.5. The summed E-state index contributed by atoms with van der Waals surface area (Å²) in [6.07, 6.45) is 1.06. The molecule has 1 aliphatic rings. The van der Waals surface area contributed by atoms with Crippen LogP contribution < -0.4 is 5.32 Å². The number of hydrogen-bond acceptors (Lipinski definition) is 3. The third-order valence-electron chi connectivity index (χ3n) is 3.33. The quantitative estimate of drug-likeness (QED) is 0.812. The van der Waals surface area contributed by atoms with Crippen LogP contribution in [-0.2, 0) is 9.05 Å².